The number of hydrogen-bond donors (Lipinski definition) is 0. The smallest absolute Gasteiger partial charge is 0.224 e. The largest absolute Gasteiger partial charge is 0.310 e. The molecule has 0 radical (unpaired) electrons. The molecular formula is C14H21NO. The lowest BCUT2D eigenvalue weighted by Crippen LogP contribution is -2.40. The van der Waals surface area contributed by atoms with Gasteiger partial charge in [0.1, 0.15) is 0 Å². The molecule has 0 saturated heterocycles. The third kappa shape index (κ3) is 2.43. The molecule has 88 valence electrons. The number of aryl methyl sites for hydroxylation is 1. The van der Waals surface area contributed by atoms with Crippen LogP contribution in [0.25, 0.3) is 0 Å². The molecule has 1 aromatic carbocycles. The molecule has 1 amide bonds. The number of para-hydroxylation sites is 1. The van der Waals surface area contributed by atoms with E-state index in [1.165, 1.54) is 5.56 Å². The molecule has 0 spiro atoms. The van der Waals surface area contributed by atoms with E-state index in [1.807, 2.05) is 36.9 Å². The van der Waals surface area contributed by atoms with E-state index >= 15 is 0 Å². The van der Waals surface area contributed by atoms with Gasteiger partial charge in [-0.3, -0.25) is 4.79 Å². The van der Waals surface area contributed by atoms with Gasteiger partial charge in [-0.05, 0) is 31.4 Å². The third-order valence-corrected chi connectivity index (χ3v) is 2.86. The summed E-state index contributed by atoms with van der Waals surface area (Å²) in [7, 11) is 0. The van der Waals surface area contributed by atoms with Crippen molar-refractivity contribution in [1.82, 2.24) is 0 Å². The summed E-state index contributed by atoms with van der Waals surface area (Å²) < 4.78 is 0. The zero-order chi connectivity index (χ0) is 12.1. The third-order valence-electron chi connectivity index (χ3n) is 2.86. The first kappa shape index (κ1) is 12.8. The Balaban J connectivity index is 0.000000606. The fourth-order valence-electron chi connectivity index (χ4n) is 2.17. The molecule has 1 aliphatic rings. The summed E-state index contributed by atoms with van der Waals surface area (Å²) in [5.74, 6) is 0.143. The highest BCUT2D eigenvalue weighted by molar-refractivity contribution is 5.93. The van der Waals surface area contributed by atoms with E-state index in [0.717, 1.165) is 18.5 Å². The van der Waals surface area contributed by atoms with Gasteiger partial charge in [-0.25, -0.2) is 0 Å². The molecule has 2 nitrogen and oxygen atoms in total. The number of carbonyl (C=O) groups excluding carboxylic acids is 1. The summed E-state index contributed by atoms with van der Waals surface area (Å²) in [6.45, 7) is 7.75. The van der Waals surface area contributed by atoms with Crippen LogP contribution in [0.15, 0.2) is 24.3 Å². The Bertz CT molecular complexity index is 360. The summed E-state index contributed by atoms with van der Waals surface area (Å²) in [6, 6.07) is 8.51. The molecule has 1 aromatic rings. The first-order valence-corrected chi connectivity index (χ1v) is 6.08. The van der Waals surface area contributed by atoms with E-state index in [4.69, 9.17) is 0 Å². The zero-order valence-electron chi connectivity index (χ0n) is 10.7. The van der Waals surface area contributed by atoms with Crippen molar-refractivity contribution >= 4 is 11.6 Å². The van der Waals surface area contributed by atoms with Crippen LogP contribution < -0.4 is 4.90 Å². The predicted molar refractivity (Wildman–Crippen MR) is 68.7 cm³/mol. The van der Waals surface area contributed by atoms with Crippen molar-refractivity contribution in [3.63, 3.8) is 0 Å². The Hall–Kier alpha value is -1.31. The molecule has 2 heteroatoms. The molecule has 0 saturated carbocycles. The Labute approximate surface area is 98.3 Å². The minimum absolute atomic E-state index is 0.143. The molecule has 1 unspecified atom stereocenters. The predicted octanol–water partition coefficient (Wildman–Crippen LogP) is 3.40. The van der Waals surface area contributed by atoms with E-state index in [-0.39, 0.29) is 5.91 Å². The maximum Gasteiger partial charge on any atom is 0.224 e. The van der Waals surface area contributed by atoms with Crippen molar-refractivity contribution in [3.8, 4) is 0 Å². The molecule has 2 rings (SSSR count). The van der Waals surface area contributed by atoms with E-state index in [0.29, 0.717) is 6.04 Å². The highest BCUT2D eigenvalue weighted by atomic mass is 16.2. The number of carbonyl (C=O) groups is 1. The molecule has 1 aliphatic heterocycles. The van der Waals surface area contributed by atoms with Crippen LogP contribution in [-0.2, 0) is 11.2 Å². The summed E-state index contributed by atoms with van der Waals surface area (Å²) >= 11 is 0. The van der Waals surface area contributed by atoms with E-state index < -0.39 is 0 Å². The second-order valence-corrected chi connectivity index (χ2v) is 3.91. The van der Waals surface area contributed by atoms with E-state index in [9.17, 15) is 4.79 Å². The Morgan fingerprint density at radius 3 is 2.56 bits per heavy atom. The van der Waals surface area contributed by atoms with Gasteiger partial charge in [0.2, 0.25) is 5.91 Å². The standard InChI is InChI=1S/C12H15NO.C2H6/c1-9-7-8-11-5-3-4-6-12(11)13(9)10(2)14;1-2/h3-6,9H,7-8H2,1-2H3;1-2H3. The van der Waals surface area contributed by atoms with Crippen molar-refractivity contribution in [2.24, 2.45) is 0 Å². The number of amides is 1. The van der Waals surface area contributed by atoms with Crippen molar-refractivity contribution in [2.45, 2.75) is 46.6 Å². The first-order chi connectivity index (χ1) is 7.70. The molecule has 0 N–H and O–H groups in total. The number of hydrogen-bond acceptors (Lipinski definition) is 1. The summed E-state index contributed by atoms with van der Waals surface area (Å²) in [5, 5.41) is 0. The average Bonchev–Trinajstić information content (AvgIpc) is 2.31. The Morgan fingerprint density at radius 2 is 1.94 bits per heavy atom. The van der Waals surface area contributed by atoms with Gasteiger partial charge in [0.25, 0.3) is 0 Å². The lowest BCUT2D eigenvalue weighted by atomic mass is 9.97. The minimum atomic E-state index is 0.143. The van der Waals surface area contributed by atoms with Gasteiger partial charge in [0.15, 0.2) is 0 Å². The number of anilines is 1. The summed E-state index contributed by atoms with van der Waals surface area (Å²) in [6.07, 6.45) is 2.15. The molecule has 0 bridgehead atoms. The van der Waals surface area contributed by atoms with Crippen LogP contribution in [0.4, 0.5) is 5.69 Å². The van der Waals surface area contributed by atoms with Crippen LogP contribution in [0, 0.1) is 0 Å². The second kappa shape index (κ2) is 5.69. The fourth-order valence-corrected chi connectivity index (χ4v) is 2.17. The quantitative estimate of drug-likeness (QED) is 0.655. The molecular weight excluding hydrogens is 198 g/mol. The van der Waals surface area contributed by atoms with Crippen LogP contribution in [0.5, 0.6) is 0 Å². The number of nitrogens with zero attached hydrogens (tertiary/aromatic N) is 1. The molecule has 0 aromatic heterocycles. The SMILES string of the molecule is CC.CC(=O)N1c2ccccc2CCC1C. The minimum Gasteiger partial charge on any atom is -0.310 e. The normalized spacial score (nSPS) is 18.2. The van der Waals surface area contributed by atoms with Crippen molar-refractivity contribution in [3.05, 3.63) is 29.8 Å². The van der Waals surface area contributed by atoms with Crippen LogP contribution in [0.1, 0.15) is 39.7 Å². The van der Waals surface area contributed by atoms with Gasteiger partial charge in [-0.2, -0.15) is 0 Å². The lowest BCUT2D eigenvalue weighted by molar-refractivity contribution is -0.117. The number of rotatable bonds is 0. The summed E-state index contributed by atoms with van der Waals surface area (Å²) in [4.78, 5) is 13.4. The number of benzene rings is 1. The van der Waals surface area contributed by atoms with Crippen molar-refractivity contribution < 1.29 is 4.79 Å². The molecule has 1 heterocycles. The maximum atomic E-state index is 11.5. The van der Waals surface area contributed by atoms with E-state index in [1.54, 1.807) is 6.92 Å². The highest BCUT2D eigenvalue weighted by Gasteiger charge is 2.25. The summed E-state index contributed by atoms with van der Waals surface area (Å²) in [5.41, 5.74) is 2.39. The van der Waals surface area contributed by atoms with E-state index in [2.05, 4.69) is 13.0 Å². The van der Waals surface area contributed by atoms with Crippen molar-refractivity contribution in [1.29, 1.82) is 0 Å². The van der Waals surface area contributed by atoms with Crippen LogP contribution >= 0.6 is 0 Å². The lowest BCUT2D eigenvalue weighted by Gasteiger charge is -2.34. The first-order valence-electron chi connectivity index (χ1n) is 6.08. The highest BCUT2D eigenvalue weighted by Crippen LogP contribution is 2.30. The Kier molecular flexibility index (Phi) is 4.53. The monoisotopic (exact) mass is 219 g/mol. The topological polar surface area (TPSA) is 20.3 Å². The molecule has 16 heavy (non-hydrogen) atoms. The Morgan fingerprint density at radius 1 is 1.31 bits per heavy atom. The van der Waals surface area contributed by atoms with Gasteiger partial charge in [0.05, 0.1) is 0 Å². The average molecular weight is 219 g/mol. The fraction of sp³-hybridized carbons (Fsp3) is 0.500. The maximum absolute atomic E-state index is 11.5. The molecule has 0 fully saturated rings. The van der Waals surface area contributed by atoms with Crippen molar-refractivity contribution in [2.75, 3.05) is 4.90 Å². The van der Waals surface area contributed by atoms with Gasteiger partial charge < -0.3 is 4.90 Å². The van der Waals surface area contributed by atoms with Crippen LogP contribution in [0.2, 0.25) is 0 Å². The second-order valence-electron chi connectivity index (χ2n) is 3.91. The van der Waals surface area contributed by atoms with Gasteiger partial charge in [-0.1, -0.05) is 32.0 Å². The molecule has 1 atom stereocenters. The number of fused-ring (bicyclic) bond motifs is 1. The van der Waals surface area contributed by atoms with Gasteiger partial charge in [0, 0.05) is 18.7 Å². The molecule has 0 aliphatic carbocycles. The zero-order valence-corrected chi connectivity index (χ0v) is 10.7. The van der Waals surface area contributed by atoms with Gasteiger partial charge >= 0.3 is 0 Å². The van der Waals surface area contributed by atoms with Crippen LogP contribution in [-0.4, -0.2) is 11.9 Å². The van der Waals surface area contributed by atoms with Crippen LogP contribution in [0.3, 0.4) is 0 Å². The van der Waals surface area contributed by atoms with Gasteiger partial charge in [-0.15, -0.1) is 0 Å².